The lowest BCUT2D eigenvalue weighted by Gasteiger charge is -2.29. The maximum absolute atomic E-state index is 12.7. The average Bonchev–Trinajstić information content (AvgIpc) is 2.95. The highest BCUT2D eigenvalue weighted by Crippen LogP contribution is 2.37. The summed E-state index contributed by atoms with van der Waals surface area (Å²) in [7, 11) is 0. The lowest BCUT2D eigenvalue weighted by Crippen LogP contribution is -2.41. The van der Waals surface area contributed by atoms with E-state index in [2.05, 4.69) is 29.0 Å². The third-order valence-electron chi connectivity index (χ3n) is 4.25. The summed E-state index contributed by atoms with van der Waals surface area (Å²) in [4.78, 5) is 19.1. The number of carbonyl (C=O) groups excluding carboxylic acids is 1. The van der Waals surface area contributed by atoms with E-state index in [9.17, 15) is 4.79 Å². The van der Waals surface area contributed by atoms with E-state index in [1.165, 1.54) is 25.7 Å². The van der Waals surface area contributed by atoms with Crippen LogP contribution in [0.3, 0.4) is 0 Å². The number of rotatable bonds is 5. The molecule has 1 heterocycles. The fourth-order valence-electron chi connectivity index (χ4n) is 3.04. The highest BCUT2D eigenvalue weighted by atomic mass is 16.2. The van der Waals surface area contributed by atoms with Crippen molar-refractivity contribution in [1.82, 2.24) is 20.1 Å². The number of nitrogens with one attached hydrogen (secondary N) is 1. The Morgan fingerprint density at radius 3 is 2.60 bits per heavy atom. The summed E-state index contributed by atoms with van der Waals surface area (Å²) in [5.74, 6) is 2.24. The minimum Gasteiger partial charge on any atom is -0.333 e. The zero-order valence-corrected chi connectivity index (χ0v) is 12.4. The Morgan fingerprint density at radius 1 is 1.30 bits per heavy atom. The van der Waals surface area contributed by atoms with Crippen LogP contribution in [0.4, 0.5) is 0 Å². The van der Waals surface area contributed by atoms with E-state index in [4.69, 9.17) is 0 Å². The third kappa shape index (κ3) is 2.86. The number of hydrogen-bond donors (Lipinski definition) is 1. The molecule has 0 unspecified atom stereocenters. The van der Waals surface area contributed by atoms with Crippen molar-refractivity contribution in [2.45, 2.75) is 64.3 Å². The van der Waals surface area contributed by atoms with Crippen LogP contribution in [-0.2, 0) is 0 Å². The monoisotopic (exact) mass is 276 g/mol. The minimum absolute atomic E-state index is 0.00810. The molecule has 110 valence electrons. The van der Waals surface area contributed by atoms with Crippen LogP contribution in [0.5, 0.6) is 0 Å². The first kappa shape index (κ1) is 13.6. The van der Waals surface area contributed by atoms with Gasteiger partial charge in [-0.15, -0.1) is 5.10 Å². The minimum atomic E-state index is 0.00810. The number of H-pyrrole nitrogens is 1. The lowest BCUT2D eigenvalue weighted by atomic mass is 10.1. The van der Waals surface area contributed by atoms with Gasteiger partial charge in [0, 0.05) is 18.5 Å². The van der Waals surface area contributed by atoms with Gasteiger partial charge in [-0.25, -0.2) is 4.98 Å². The molecule has 2 saturated carbocycles. The molecule has 1 aromatic heterocycles. The van der Waals surface area contributed by atoms with Gasteiger partial charge < -0.3 is 4.90 Å². The quantitative estimate of drug-likeness (QED) is 0.899. The van der Waals surface area contributed by atoms with E-state index < -0.39 is 0 Å². The van der Waals surface area contributed by atoms with Crippen LogP contribution >= 0.6 is 0 Å². The predicted molar refractivity (Wildman–Crippen MR) is 76.5 cm³/mol. The second kappa shape index (κ2) is 5.54. The van der Waals surface area contributed by atoms with E-state index in [-0.39, 0.29) is 5.91 Å². The van der Waals surface area contributed by atoms with E-state index in [1.54, 1.807) is 0 Å². The zero-order chi connectivity index (χ0) is 14.1. The third-order valence-corrected chi connectivity index (χ3v) is 4.25. The molecule has 5 nitrogen and oxygen atoms in total. The van der Waals surface area contributed by atoms with Gasteiger partial charge in [0.25, 0.3) is 5.91 Å². The summed E-state index contributed by atoms with van der Waals surface area (Å²) in [6.07, 6.45) is 7.04. The molecule has 0 aromatic carbocycles. The average molecular weight is 276 g/mol. The molecular formula is C15H24N4O. The number of aromatic nitrogens is 3. The number of hydrogen-bond acceptors (Lipinski definition) is 3. The molecule has 3 rings (SSSR count). The standard InChI is InChI=1S/C15H24N4O/c1-10(2)9-19(12-5-3-4-6-12)15(20)14-16-13(17-18-14)11-7-8-11/h10-12H,3-9H2,1-2H3,(H,16,17,18). The van der Waals surface area contributed by atoms with E-state index in [1.807, 2.05) is 4.90 Å². The number of aromatic amines is 1. The van der Waals surface area contributed by atoms with Crippen molar-refractivity contribution in [3.63, 3.8) is 0 Å². The molecule has 2 aliphatic carbocycles. The summed E-state index contributed by atoms with van der Waals surface area (Å²) >= 11 is 0. The summed E-state index contributed by atoms with van der Waals surface area (Å²) < 4.78 is 0. The van der Waals surface area contributed by atoms with Gasteiger partial charge in [-0.3, -0.25) is 9.89 Å². The molecule has 5 heteroatoms. The Labute approximate surface area is 120 Å². The van der Waals surface area contributed by atoms with Gasteiger partial charge in [-0.05, 0) is 31.6 Å². The van der Waals surface area contributed by atoms with Gasteiger partial charge in [0.1, 0.15) is 5.82 Å². The van der Waals surface area contributed by atoms with Crippen molar-refractivity contribution in [1.29, 1.82) is 0 Å². The van der Waals surface area contributed by atoms with Crippen LogP contribution < -0.4 is 0 Å². The van der Waals surface area contributed by atoms with Gasteiger partial charge in [0.05, 0.1) is 0 Å². The van der Waals surface area contributed by atoms with Crippen LogP contribution in [0.25, 0.3) is 0 Å². The molecule has 2 fully saturated rings. The molecule has 0 atom stereocenters. The summed E-state index contributed by atoms with van der Waals surface area (Å²) in [5, 5.41) is 7.09. The van der Waals surface area contributed by atoms with E-state index in [0.717, 1.165) is 25.2 Å². The van der Waals surface area contributed by atoms with E-state index in [0.29, 0.717) is 23.7 Å². The first-order valence-electron chi connectivity index (χ1n) is 7.88. The zero-order valence-electron chi connectivity index (χ0n) is 12.4. The Hall–Kier alpha value is -1.39. The van der Waals surface area contributed by atoms with Crippen LogP contribution in [0.1, 0.15) is 74.7 Å². The highest BCUT2D eigenvalue weighted by Gasteiger charge is 2.32. The molecule has 0 aliphatic heterocycles. The number of carbonyl (C=O) groups is 1. The molecule has 1 aromatic rings. The molecule has 0 spiro atoms. The number of amides is 1. The molecular weight excluding hydrogens is 252 g/mol. The van der Waals surface area contributed by atoms with Crippen LogP contribution in [0, 0.1) is 5.92 Å². The molecule has 1 amide bonds. The summed E-state index contributed by atoms with van der Waals surface area (Å²) in [6.45, 7) is 5.11. The van der Waals surface area contributed by atoms with Crippen LogP contribution in [0.2, 0.25) is 0 Å². The second-order valence-corrected chi connectivity index (χ2v) is 6.61. The van der Waals surface area contributed by atoms with Crippen molar-refractivity contribution in [2.24, 2.45) is 5.92 Å². The Morgan fingerprint density at radius 2 is 2.00 bits per heavy atom. The smallest absolute Gasteiger partial charge is 0.293 e. The van der Waals surface area contributed by atoms with Gasteiger partial charge in [-0.2, -0.15) is 0 Å². The Bertz CT molecular complexity index is 472. The fraction of sp³-hybridized carbons (Fsp3) is 0.800. The highest BCUT2D eigenvalue weighted by molar-refractivity contribution is 5.90. The maximum atomic E-state index is 12.7. The Kier molecular flexibility index (Phi) is 3.76. The second-order valence-electron chi connectivity index (χ2n) is 6.61. The first-order valence-corrected chi connectivity index (χ1v) is 7.88. The van der Waals surface area contributed by atoms with Crippen molar-refractivity contribution in [3.8, 4) is 0 Å². The maximum Gasteiger partial charge on any atom is 0.293 e. The molecule has 0 radical (unpaired) electrons. The molecule has 0 bridgehead atoms. The van der Waals surface area contributed by atoms with Crippen molar-refractivity contribution in [2.75, 3.05) is 6.54 Å². The molecule has 1 N–H and O–H groups in total. The van der Waals surface area contributed by atoms with Crippen molar-refractivity contribution >= 4 is 5.91 Å². The lowest BCUT2D eigenvalue weighted by molar-refractivity contribution is 0.0643. The first-order chi connectivity index (χ1) is 9.65. The van der Waals surface area contributed by atoms with Crippen molar-refractivity contribution in [3.05, 3.63) is 11.6 Å². The van der Waals surface area contributed by atoms with Crippen molar-refractivity contribution < 1.29 is 4.79 Å². The SMILES string of the molecule is CC(C)CN(C(=O)c1n[nH]c(C2CC2)n1)C1CCCC1. The van der Waals surface area contributed by atoms with Crippen LogP contribution in [0.15, 0.2) is 0 Å². The molecule has 2 aliphatic rings. The molecule has 20 heavy (non-hydrogen) atoms. The Balaban J connectivity index is 1.75. The van der Waals surface area contributed by atoms with Crippen LogP contribution in [-0.4, -0.2) is 38.6 Å². The predicted octanol–water partition coefficient (Wildman–Crippen LogP) is 2.72. The topological polar surface area (TPSA) is 61.9 Å². The summed E-state index contributed by atoms with van der Waals surface area (Å²) in [5.41, 5.74) is 0. The van der Waals surface area contributed by atoms with Gasteiger partial charge >= 0.3 is 0 Å². The van der Waals surface area contributed by atoms with Gasteiger partial charge in [0.2, 0.25) is 5.82 Å². The van der Waals surface area contributed by atoms with Gasteiger partial charge in [-0.1, -0.05) is 26.7 Å². The summed E-state index contributed by atoms with van der Waals surface area (Å²) in [6, 6.07) is 0.382. The van der Waals surface area contributed by atoms with E-state index >= 15 is 0 Å². The van der Waals surface area contributed by atoms with Gasteiger partial charge in [0.15, 0.2) is 0 Å². The molecule has 0 saturated heterocycles. The largest absolute Gasteiger partial charge is 0.333 e. The number of nitrogens with zero attached hydrogens (tertiary/aromatic N) is 3. The normalized spacial score (nSPS) is 19.8. The fourth-order valence-corrected chi connectivity index (χ4v) is 3.04.